The van der Waals surface area contributed by atoms with Gasteiger partial charge in [-0.05, 0) is 18.2 Å². The number of nitrogen functional groups attached to an aromatic ring is 1. The third-order valence-electron chi connectivity index (χ3n) is 3.34. The number of nitrogens with zero attached hydrogens (tertiary/aromatic N) is 1. The summed E-state index contributed by atoms with van der Waals surface area (Å²) >= 11 is 0. The van der Waals surface area contributed by atoms with Gasteiger partial charge < -0.3 is 19.4 Å². The summed E-state index contributed by atoms with van der Waals surface area (Å²) < 4.78 is 16.3. The summed E-state index contributed by atoms with van der Waals surface area (Å²) in [6.45, 7) is 2.03. The summed E-state index contributed by atoms with van der Waals surface area (Å²) in [4.78, 5) is 0. The summed E-state index contributed by atoms with van der Waals surface area (Å²) in [5.74, 6) is 2.46. The number of rotatable bonds is 4. The number of hydrogen-bond acceptors (Lipinski definition) is 5. The largest absolute Gasteiger partial charge is 0.496 e. The van der Waals surface area contributed by atoms with Gasteiger partial charge in [0.15, 0.2) is 11.5 Å². The molecule has 0 unspecified atom stereocenters. The van der Waals surface area contributed by atoms with Crippen molar-refractivity contribution in [3.8, 4) is 28.3 Å². The highest BCUT2D eigenvalue weighted by Crippen LogP contribution is 2.40. The van der Waals surface area contributed by atoms with Gasteiger partial charge in [-0.15, -0.1) is 0 Å². The lowest BCUT2D eigenvalue weighted by molar-refractivity contribution is 0.416. The van der Waals surface area contributed by atoms with Crippen molar-refractivity contribution in [3.05, 3.63) is 42.2 Å². The number of para-hydroxylation sites is 1. The molecule has 0 saturated carbocycles. The van der Waals surface area contributed by atoms with Crippen molar-refractivity contribution in [1.82, 2.24) is 5.16 Å². The summed E-state index contributed by atoms with van der Waals surface area (Å²) in [6, 6.07) is 11.4. The first-order valence-corrected chi connectivity index (χ1v) is 6.72. The normalized spacial score (nSPS) is 10.8. The molecule has 2 heterocycles. The molecule has 0 atom stereocenters. The van der Waals surface area contributed by atoms with E-state index < -0.39 is 0 Å². The van der Waals surface area contributed by atoms with Gasteiger partial charge >= 0.3 is 0 Å². The highest BCUT2D eigenvalue weighted by Gasteiger charge is 2.22. The molecule has 21 heavy (non-hydrogen) atoms. The number of aromatic nitrogens is 1. The van der Waals surface area contributed by atoms with Crippen molar-refractivity contribution in [2.45, 2.75) is 13.3 Å². The highest BCUT2D eigenvalue weighted by molar-refractivity contribution is 5.88. The van der Waals surface area contributed by atoms with E-state index in [1.807, 2.05) is 43.3 Å². The molecule has 3 rings (SSSR count). The maximum atomic E-state index is 5.95. The van der Waals surface area contributed by atoms with E-state index in [1.54, 1.807) is 7.11 Å². The molecule has 0 bridgehead atoms. The standard InChI is InChI=1S/C16H16N2O3/c1-3-10-8-9-13(20-10)15-14(16(17)21-18-15)11-6-4-5-7-12(11)19-2/h4-9H,3,17H2,1-2H3. The number of aryl methyl sites for hydroxylation is 1. The third-order valence-corrected chi connectivity index (χ3v) is 3.34. The molecule has 2 aromatic heterocycles. The van der Waals surface area contributed by atoms with Crippen molar-refractivity contribution in [3.63, 3.8) is 0 Å². The van der Waals surface area contributed by atoms with Gasteiger partial charge in [0.05, 0.1) is 12.7 Å². The quantitative estimate of drug-likeness (QED) is 0.789. The Balaban J connectivity index is 2.17. The molecule has 5 heteroatoms. The first-order chi connectivity index (χ1) is 10.2. The van der Waals surface area contributed by atoms with Gasteiger partial charge in [-0.2, -0.15) is 0 Å². The van der Waals surface area contributed by atoms with Gasteiger partial charge in [-0.3, -0.25) is 0 Å². The van der Waals surface area contributed by atoms with Crippen molar-refractivity contribution in [1.29, 1.82) is 0 Å². The van der Waals surface area contributed by atoms with Crippen LogP contribution >= 0.6 is 0 Å². The topological polar surface area (TPSA) is 74.4 Å². The Kier molecular flexibility index (Phi) is 3.39. The minimum Gasteiger partial charge on any atom is -0.496 e. The number of hydrogen-bond donors (Lipinski definition) is 1. The fraction of sp³-hybridized carbons (Fsp3) is 0.188. The number of nitrogens with two attached hydrogens (primary N) is 1. The lowest BCUT2D eigenvalue weighted by Crippen LogP contribution is -1.91. The smallest absolute Gasteiger partial charge is 0.230 e. The second-order valence-electron chi connectivity index (χ2n) is 4.59. The Morgan fingerprint density at radius 1 is 1.19 bits per heavy atom. The van der Waals surface area contributed by atoms with Crippen LogP contribution in [0, 0.1) is 0 Å². The predicted molar refractivity (Wildman–Crippen MR) is 80.0 cm³/mol. The second kappa shape index (κ2) is 5.36. The molecule has 0 saturated heterocycles. The van der Waals surface area contributed by atoms with Crippen LogP contribution in [0.25, 0.3) is 22.6 Å². The minimum absolute atomic E-state index is 0.240. The van der Waals surface area contributed by atoms with Crippen LogP contribution in [-0.2, 0) is 6.42 Å². The molecule has 2 N–H and O–H groups in total. The number of ether oxygens (including phenoxy) is 1. The molecule has 0 radical (unpaired) electrons. The van der Waals surface area contributed by atoms with Gasteiger partial charge in [0.2, 0.25) is 5.88 Å². The third kappa shape index (κ3) is 2.27. The van der Waals surface area contributed by atoms with E-state index in [2.05, 4.69) is 5.16 Å². The molecule has 0 aliphatic rings. The zero-order valence-electron chi connectivity index (χ0n) is 11.9. The van der Waals surface area contributed by atoms with E-state index >= 15 is 0 Å². The summed E-state index contributed by atoms with van der Waals surface area (Å²) in [7, 11) is 1.62. The lowest BCUT2D eigenvalue weighted by atomic mass is 10.0. The molecule has 108 valence electrons. The Morgan fingerprint density at radius 3 is 2.71 bits per heavy atom. The first kappa shape index (κ1) is 13.3. The number of methoxy groups -OCH3 is 1. The molecule has 5 nitrogen and oxygen atoms in total. The molecule has 0 aliphatic heterocycles. The summed E-state index contributed by atoms with van der Waals surface area (Å²) in [5, 5.41) is 4.04. The summed E-state index contributed by atoms with van der Waals surface area (Å²) in [5.41, 5.74) is 8.03. The monoisotopic (exact) mass is 284 g/mol. The van der Waals surface area contributed by atoms with Crippen LogP contribution in [-0.4, -0.2) is 12.3 Å². The van der Waals surface area contributed by atoms with E-state index in [9.17, 15) is 0 Å². The van der Waals surface area contributed by atoms with E-state index in [0.29, 0.717) is 22.8 Å². The Bertz CT molecular complexity index is 758. The van der Waals surface area contributed by atoms with Gasteiger partial charge in [0, 0.05) is 12.0 Å². The molecule has 1 aromatic carbocycles. The molecule has 3 aromatic rings. The van der Waals surface area contributed by atoms with Gasteiger partial charge in [0.25, 0.3) is 0 Å². The van der Waals surface area contributed by atoms with Crippen LogP contribution < -0.4 is 10.5 Å². The molecule has 0 aliphatic carbocycles. The lowest BCUT2D eigenvalue weighted by Gasteiger charge is -2.07. The van der Waals surface area contributed by atoms with Crippen LogP contribution in [0.4, 0.5) is 5.88 Å². The van der Waals surface area contributed by atoms with Gasteiger partial charge in [-0.1, -0.05) is 30.3 Å². The van der Waals surface area contributed by atoms with Gasteiger partial charge in [-0.25, -0.2) is 0 Å². The minimum atomic E-state index is 0.240. The van der Waals surface area contributed by atoms with Crippen LogP contribution in [0.5, 0.6) is 5.75 Å². The molecule has 0 amide bonds. The fourth-order valence-corrected chi connectivity index (χ4v) is 2.28. The van der Waals surface area contributed by atoms with Crippen LogP contribution in [0.1, 0.15) is 12.7 Å². The average Bonchev–Trinajstić information content (AvgIpc) is 3.13. The number of furan rings is 1. The molecular weight excluding hydrogens is 268 g/mol. The maximum Gasteiger partial charge on any atom is 0.230 e. The Morgan fingerprint density at radius 2 is 2.00 bits per heavy atom. The number of benzene rings is 1. The van der Waals surface area contributed by atoms with E-state index in [1.165, 1.54) is 0 Å². The second-order valence-corrected chi connectivity index (χ2v) is 4.59. The van der Waals surface area contributed by atoms with Crippen LogP contribution in [0.15, 0.2) is 45.3 Å². The molecular formula is C16H16N2O3. The van der Waals surface area contributed by atoms with E-state index in [4.69, 9.17) is 19.4 Å². The van der Waals surface area contributed by atoms with Gasteiger partial charge in [0.1, 0.15) is 11.5 Å². The molecule has 0 fully saturated rings. The zero-order chi connectivity index (χ0) is 14.8. The van der Waals surface area contributed by atoms with Crippen molar-refractivity contribution in [2.75, 3.05) is 12.8 Å². The summed E-state index contributed by atoms with van der Waals surface area (Å²) in [6.07, 6.45) is 0.817. The Hall–Kier alpha value is -2.69. The SMILES string of the molecule is CCc1ccc(-c2noc(N)c2-c2ccccc2OC)o1. The first-order valence-electron chi connectivity index (χ1n) is 6.72. The maximum absolute atomic E-state index is 5.95. The van der Waals surface area contributed by atoms with Crippen LogP contribution in [0.3, 0.4) is 0 Å². The fourth-order valence-electron chi connectivity index (χ4n) is 2.28. The van der Waals surface area contributed by atoms with Crippen LogP contribution in [0.2, 0.25) is 0 Å². The number of anilines is 1. The van der Waals surface area contributed by atoms with E-state index in [-0.39, 0.29) is 5.88 Å². The predicted octanol–water partition coefficient (Wildman–Crippen LogP) is 3.75. The van der Waals surface area contributed by atoms with E-state index in [0.717, 1.165) is 17.7 Å². The zero-order valence-corrected chi connectivity index (χ0v) is 11.9. The molecule has 0 spiro atoms. The van der Waals surface area contributed by atoms with Crippen molar-refractivity contribution in [2.24, 2.45) is 0 Å². The van der Waals surface area contributed by atoms with Crippen molar-refractivity contribution >= 4 is 5.88 Å². The average molecular weight is 284 g/mol. The Labute approximate surface area is 122 Å². The highest BCUT2D eigenvalue weighted by atomic mass is 16.5. The van der Waals surface area contributed by atoms with Crippen molar-refractivity contribution < 1.29 is 13.7 Å².